The molecule has 8 heavy (non-hydrogen) atoms. The molecule has 0 fully saturated rings. The van der Waals surface area contributed by atoms with Crippen molar-refractivity contribution < 1.29 is 4.72 Å². The van der Waals surface area contributed by atoms with Gasteiger partial charge in [0.2, 0.25) is 0 Å². The number of quaternary nitrogens is 1. The van der Waals surface area contributed by atoms with Gasteiger partial charge >= 0.3 is 0 Å². The fourth-order valence-corrected chi connectivity index (χ4v) is 0.689. The predicted molar refractivity (Wildman–Crippen MR) is 35.4 cm³/mol. The van der Waals surface area contributed by atoms with Gasteiger partial charge in [0, 0.05) is 0 Å². The molecule has 1 aromatic carbocycles. The van der Waals surface area contributed by atoms with E-state index < -0.39 is 0 Å². The quantitative estimate of drug-likeness (QED) is 0.423. The normalized spacial score (nSPS) is 9.12. The van der Waals surface area contributed by atoms with Crippen molar-refractivity contribution >= 4 is 18.5 Å². The molecule has 0 aliphatic carbocycles. The van der Waals surface area contributed by atoms with Crippen LogP contribution in [0, 0.1) is 0 Å². The highest BCUT2D eigenvalue weighted by atomic mass is 32.1. The minimum atomic E-state index is 1.10. The Labute approximate surface area is 54.3 Å². The zero-order chi connectivity index (χ0) is 5.82. The molecule has 0 saturated heterocycles. The Morgan fingerprint density at radius 1 is 1.12 bits per heavy atom. The van der Waals surface area contributed by atoms with Crippen molar-refractivity contribution in [3.05, 3.63) is 30.3 Å². The Hall–Kier alpha value is -0.470. The molecule has 0 amide bonds. The predicted octanol–water partition coefficient (Wildman–Crippen LogP) is 0.343. The molecule has 1 aromatic rings. The maximum absolute atomic E-state index is 4.69. The lowest BCUT2D eigenvalue weighted by Gasteiger charge is -1.97. The van der Waals surface area contributed by atoms with Gasteiger partial charge in [-0.05, 0) is 12.1 Å². The van der Waals surface area contributed by atoms with E-state index in [-0.39, 0.29) is 0 Å². The monoisotopic (exact) mass is 125 g/mol. The first-order valence-corrected chi connectivity index (χ1v) is 2.91. The first-order valence-electron chi connectivity index (χ1n) is 2.44. The van der Waals surface area contributed by atoms with E-state index in [1.807, 2.05) is 30.3 Å². The summed E-state index contributed by atoms with van der Waals surface area (Å²) in [6, 6.07) is 9.87. The molecule has 0 saturated carbocycles. The fourth-order valence-electron chi connectivity index (χ4n) is 0.532. The Kier molecular flexibility index (Phi) is 1.94. The van der Waals surface area contributed by atoms with Gasteiger partial charge in [-0.3, -0.25) is 0 Å². The Morgan fingerprint density at radius 2 is 1.75 bits per heavy atom. The van der Waals surface area contributed by atoms with Gasteiger partial charge < -0.3 is 17.5 Å². The molecule has 0 bridgehead atoms. The molecule has 2 heteroatoms. The second-order valence-corrected chi connectivity index (χ2v) is 1.76. The van der Waals surface area contributed by atoms with Crippen LogP contribution in [0.5, 0.6) is 0 Å². The highest BCUT2D eigenvalue weighted by molar-refractivity contribution is 7.50. The van der Waals surface area contributed by atoms with Gasteiger partial charge in [-0.25, -0.2) is 0 Å². The lowest BCUT2D eigenvalue weighted by molar-refractivity contribution is -0.375. The second kappa shape index (κ2) is 2.74. The van der Waals surface area contributed by atoms with Crippen molar-refractivity contribution in [3.8, 4) is 0 Å². The minimum absolute atomic E-state index is 1.10. The van der Waals surface area contributed by atoms with Crippen LogP contribution in [-0.2, 0) is 12.8 Å². The van der Waals surface area contributed by atoms with E-state index in [0.29, 0.717) is 0 Å². The highest BCUT2D eigenvalue weighted by Crippen LogP contribution is 1.94. The molecule has 0 radical (unpaired) electrons. The number of hydrogen-bond acceptors (Lipinski definition) is 1. The van der Waals surface area contributed by atoms with Crippen molar-refractivity contribution in [3.63, 3.8) is 0 Å². The fraction of sp³-hybridized carbons (Fsp3) is 0. The van der Waals surface area contributed by atoms with Gasteiger partial charge in [-0.2, -0.15) is 0 Å². The molecule has 42 valence electrons. The molecule has 0 atom stereocenters. The molecular weight excluding hydrogens is 118 g/mol. The van der Waals surface area contributed by atoms with E-state index in [2.05, 4.69) is 0 Å². The van der Waals surface area contributed by atoms with Crippen molar-refractivity contribution in [2.45, 2.75) is 0 Å². The van der Waals surface area contributed by atoms with Crippen LogP contribution in [0.15, 0.2) is 30.3 Å². The van der Waals surface area contributed by atoms with Gasteiger partial charge in [0.25, 0.3) is 0 Å². The number of nitrogens with two attached hydrogens (primary N) is 1. The van der Waals surface area contributed by atoms with Gasteiger partial charge in [-0.1, -0.05) is 18.2 Å². The summed E-state index contributed by atoms with van der Waals surface area (Å²) in [5.41, 5.74) is 1.10. The van der Waals surface area contributed by atoms with Gasteiger partial charge in [0.1, 0.15) is 5.69 Å². The number of benzene rings is 1. The molecule has 0 aromatic heterocycles. The number of rotatable bonds is 1. The van der Waals surface area contributed by atoms with Crippen LogP contribution in [-0.4, -0.2) is 0 Å². The van der Waals surface area contributed by atoms with Crippen molar-refractivity contribution in [1.82, 2.24) is 0 Å². The third-order valence-corrected chi connectivity index (χ3v) is 1.21. The van der Waals surface area contributed by atoms with E-state index in [1.54, 1.807) is 4.72 Å². The lowest BCUT2D eigenvalue weighted by Crippen LogP contribution is -2.70. The minimum Gasteiger partial charge on any atom is -0.492 e. The van der Waals surface area contributed by atoms with Crippen LogP contribution in [0.4, 0.5) is 5.69 Å². The smallest absolute Gasteiger partial charge is 0.111 e. The molecule has 0 aliphatic heterocycles. The topological polar surface area (TPSA) is 16.6 Å². The van der Waals surface area contributed by atoms with Gasteiger partial charge in [0.05, 0.1) is 0 Å². The van der Waals surface area contributed by atoms with Crippen LogP contribution in [0.1, 0.15) is 0 Å². The van der Waals surface area contributed by atoms with Crippen LogP contribution < -0.4 is 4.72 Å². The van der Waals surface area contributed by atoms with Gasteiger partial charge in [-0.15, -0.1) is 0 Å². The average molecular weight is 125 g/mol. The van der Waals surface area contributed by atoms with E-state index in [9.17, 15) is 0 Å². The molecule has 1 rings (SSSR count). The molecule has 0 aliphatic rings. The first kappa shape index (κ1) is 5.66. The highest BCUT2D eigenvalue weighted by Gasteiger charge is 1.79. The standard InChI is InChI=1S/C6H7NS/c8-7-6-4-2-1-3-5-6/h1-5H,7H2. The average Bonchev–Trinajstić information content (AvgIpc) is 1.90. The third-order valence-electron chi connectivity index (χ3n) is 0.936. The SMILES string of the molecule is [S-][NH2+]c1ccccc1. The summed E-state index contributed by atoms with van der Waals surface area (Å²) >= 11 is 4.69. The molecule has 0 unspecified atom stereocenters. The van der Waals surface area contributed by atoms with Crippen molar-refractivity contribution in [2.75, 3.05) is 0 Å². The summed E-state index contributed by atoms with van der Waals surface area (Å²) < 4.78 is 1.67. The van der Waals surface area contributed by atoms with Crippen molar-refractivity contribution in [2.24, 2.45) is 0 Å². The summed E-state index contributed by atoms with van der Waals surface area (Å²) in [7, 11) is 0. The van der Waals surface area contributed by atoms with Crippen LogP contribution in [0.2, 0.25) is 0 Å². The summed E-state index contributed by atoms with van der Waals surface area (Å²) in [4.78, 5) is 0. The second-order valence-electron chi connectivity index (χ2n) is 1.53. The number of hydrogen-bond donors (Lipinski definition) is 1. The maximum atomic E-state index is 4.69. The molecule has 2 N–H and O–H groups in total. The van der Waals surface area contributed by atoms with Crippen molar-refractivity contribution in [1.29, 1.82) is 0 Å². The van der Waals surface area contributed by atoms with Crippen LogP contribution >= 0.6 is 0 Å². The Morgan fingerprint density at radius 3 is 2.12 bits per heavy atom. The summed E-state index contributed by atoms with van der Waals surface area (Å²) in [6.07, 6.45) is 0. The molecule has 0 spiro atoms. The third kappa shape index (κ3) is 1.25. The van der Waals surface area contributed by atoms with E-state index in [0.717, 1.165) is 5.69 Å². The van der Waals surface area contributed by atoms with Crippen LogP contribution in [0.25, 0.3) is 0 Å². The maximum Gasteiger partial charge on any atom is 0.111 e. The zero-order valence-electron chi connectivity index (χ0n) is 4.37. The Balaban J connectivity index is 2.83. The molecule has 1 nitrogen and oxygen atoms in total. The van der Waals surface area contributed by atoms with Gasteiger partial charge in [0.15, 0.2) is 0 Å². The summed E-state index contributed by atoms with van der Waals surface area (Å²) in [5, 5.41) is 0. The van der Waals surface area contributed by atoms with E-state index >= 15 is 0 Å². The zero-order valence-corrected chi connectivity index (χ0v) is 5.19. The Bertz CT molecular complexity index is 150. The summed E-state index contributed by atoms with van der Waals surface area (Å²) in [6.45, 7) is 0. The first-order chi connectivity index (χ1) is 3.93. The summed E-state index contributed by atoms with van der Waals surface area (Å²) in [5.74, 6) is 0. The largest absolute Gasteiger partial charge is 0.492 e. The van der Waals surface area contributed by atoms with E-state index in [4.69, 9.17) is 12.8 Å². The van der Waals surface area contributed by atoms with E-state index in [1.165, 1.54) is 0 Å². The van der Waals surface area contributed by atoms with Crippen LogP contribution in [0.3, 0.4) is 0 Å². The molecular formula is C6H7NS. The lowest BCUT2D eigenvalue weighted by atomic mass is 10.3. The molecule has 0 heterocycles.